The maximum atomic E-state index is 14.0. The quantitative estimate of drug-likeness (QED) is 0.354. The van der Waals surface area contributed by atoms with E-state index in [2.05, 4.69) is 9.97 Å². The Morgan fingerprint density at radius 1 is 0.939 bits per heavy atom. The molecule has 0 bridgehead atoms. The fourth-order valence-electron chi connectivity index (χ4n) is 4.04. The molecule has 168 valence electrons. The van der Waals surface area contributed by atoms with Gasteiger partial charge in [-0.05, 0) is 29.7 Å². The van der Waals surface area contributed by atoms with E-state index in [0.29, 0.717) is 6.07 Å². The lowest BCUT2D eigenvalue weighted by Gasteiger charge is -2.32. The van der Waals surface area contributed by atoms with Crippen LogP contribution in [0.3, 0.4) is 0 Å². The van der Waals surface area contributed by atoms with Crippen LogP contribution in [0.1, 0.15) is 32.6 Å². The van der Waals surface area contributed by atoms with E-state index in [-0.39, 0.29) is 45.2 Å². The van der Waals surface area contributed by atoms with Crippen molar-refractivity contribution in [3.8, 4) is 0 Å². The zero-order chi connectivity index (χ0) is 23.6. The number of H-pyrrole nitrogens is 2. The molecular weight excluding hydrogens is 446 g/mol. The second-order valence-corrected chi connectivity index (χ2v) is 7.62. The average molecular weight is 459 g/mol. The number of ether oxygens (including phenoxy) is 1. The summed E-state index contributed by atoms with van der Waals surface area (Å²) in [5, 5.41) is 0.00736. The van der Waals surface area contributed by atoms with E-state index < -0.39 is 46.7 Å². The third-order valence-electron chi connectivity index (χ3n) is 5.69. The van der Waals surface area contributed by atoms with Crippen LogP contribution < -0.4 is 5.56 Å². The van der Waals surface area contributed by atoms with Crippen molar-refractivity contribution in [2.45, 2.75) is 6.04 Å². The van der Waals surface area contributed by atoms with Gasteiger partial charge in [0.25, 0.3) is 11.5 Å². The molecule has 2 aromatic heterocycles. The number of amides is 1. The molecule has 11 heteroatoms. The van der Waals surface area contributed by atoms with Gasteiger partial charge < -0.3 is 19.6 Å². The van der Waals surface area contributed by atoms with E-state index in [0.717, 1.165) is 18.2 Å². The highest BCUT2D eigenvalue weighted by Crippen LogP contribution is 2.34. The monoisotopic (exact) mass is 459 g/mol. The van der Waals surface area contributed by atoms with Crippen LogP contribution in [0, 0.1) is 23.3 Å². The Morgan fingerprint density at radius 2 is 1.58 bits per heavy atom. The highest BCUT2D eigenvalue weighted by molar-refractivity contribution is 6.01. The zero-order valence-electron chi connectivity index (χ0n) is 16.8. The summed E-state index contributed by atoms with van der Waals surface area (Å²) in [5.41, 5.74) is -0.844. The Balaban J connectivity index is 1.64. The summed E-state index contributed by atoms with van der Waals surface area (Å²) in [4.78, 5) is 44.0. The Labute approximate surface area is 181 Å². The minimum Gasteiger partial charge on any atom is -0.458 e. The molecule has 1 atom stereocenters. The van der Waals surface area contributed by atoms with E-state index >= 15 is 0 Å². The second kappa shape index (κ2) is 7.19. The number of pyridine rings is 1. The summed E-state index contributed by atoms with van der Waals surface area (Å²) in [6, 6.07) is 3.70. The maximum absolute atomic E-state index is 14.0. The number of nitrogens with one attached hydrogen (secondary N) is 2. The normalized spacial score (nSPS) is 15.5. The summed E-state index contributed by atoms with van der Waals surface area (Å²) in [5.74, 6) is -6.17. The number of cyclic esters (lactones) is 1. The highest BCUT2D eigenvalue weighted by Gasteiger charge is 2.36. The van der Waals surface area contributed by atoms with Crippen LogP contribution in [0.5, 0.6) is 0 Å². The predicted molar refractivity (Wildman–Crippen MR) is 108 cm³/mol. The molecule has 0 unspecified atom stereocenters. The zero-order valence-corrected chi connectivity index (χ0v) is 16.8. The van der Waals surface area contributed by atoms with Gasteiger partial charge in [0, 0.05) is 29.6 Å². The van der Waals surface area contributed by atoms with Gasteiger partial charge in [0.05, 0.1) is 11.4 Å². The van der Waals surface area contributed by atoms with Crippen molar-refractivity contribution in [2.75, 3.05) is 13.7 Å². The number of rotatable bonds is 2. The standard InChI is InChI=1S/C22H13F4N3O4/c1-29(21(31)16-3-8-2-11(23)14(26)6-15(8)27-16)17-7-33-22(32)19-18(17)9-4-12(24)13(25)5-10(9)20(30)28-19/h2-6,17,27H,7H2,1H3,(H,28,30)/t17-/m1/s1. The van der Waals surface area contributed by atoms with Crippen LogP contribution in [-0.2, 0) is 4.74 Å². The molecule has 2 N–H and O–H groups in total. The fraction of sp³-hybridized carbons (Fsp3) is 0.136. The molecule has 4 aromatic rings. The first kappa shape index (κ1) is 20.7. The number of likely N-dealkylation sites (N-methyl/N-ethyl adjacent to an activating group) is 1. The lowest BCUT2D eigenvalue weighted by molar-refractivity contribution is 0.0281. The van der Waals surface area contributed by atoms with Gasteiger partial charge in [0.2, 0.25) is 0 Å². The van der Waals surface area contributed by atoms with E-state index in [9.17, 15) is 31.9 Å². The topological polar surface area (TPSA) is 95.3 Å². The SMILES string of the molecule is CN(C(=O)c1cc2cc(F)c(F)cc2[nH]1)[C@@H]1COC(=O)c2[nH]c(=O)c3cc(F)c(F)cc3c21. The number of fused-ring (bicyclic) bond motifs is 4. The molecule has 0 fully saturated rings. The molecule has 0 radical (unpaired) electrons. The summed E-state index contributed by atoms with van der Waals surface area (Å²) in [7, 11) is 1.37. The van der Waals surface area contributed by atoms with Crippen molar-refractivity contribution in [3.63, 3.8) is 0 Å². The molecule has 3 heterocycles. The average Bonchev–Trinajstić information content (AvgIpc) is 3.18. The number of carbonyl (C=O) groups excluding carboxylic acids is 2. The number of esters is 1. The summed E-state index contributed by atoms with van der Waals surface area (Å²) >= 11 is 0. The van der Waals surface area contributed by atoms with Crippen molar-refractivity contribution < 1.29 is 31.9 Å². The van der Waals surface area contributed by atoms with Gasteiger partial charge in [-0.1, -0.05) is 0 Å². The van der Waals surface area contributed by atoms with Gasteiger partial charge in [-0.3, -0.25) is 9.59 Å². The highest BCUT2D eigenvalue weighted by atomic mass is 19.2. The van der Waals surface area contributed by atoms with Crippen molar-refractivity contribution in [3.05, 3.63) is 80.9 Å². The first-order valence-corrected chi connectivity index (χ1v) is 9.62. The number of nitrogens with zero attached hydrogens (tertiary/aromatic N) is 1. The fourth-order valence-corrected chi connectivity index (χ4v) is 4.04. The van der Waals surface area contributed by atoms with Crippen LogP contribution >= 0.6 is 0 Å². The number of benzene rings is 2. The lowest BCUT2D eigenvalue weighted by Crippen LogP contribution is -2.39. The van der Waals surface area contributed by atoms with Crippen molar-refractivity contribution in [1.29, 1.82) is 0 Å². The van der Waals surface area contributed by atoms with Gasteiger partial charge in [0.15, 0.2) is 23.3 Å². The number of aromatic amines is 2. The third kappa shape index (κ3) is 3.15. The number of aromatic nitrogens is 2. The van der Waals surface area contributed by atoms with Crippen LogP contribution in [-0.4, -0.2) is 40.4 Å². The van der Waals surface area contributed by atoms with E-state index in [1.165, 1.54) is 18.0 Å². The molecule has 33 heavy (non-hydrogen) atoms. The van der Waals surface area contributed by atoms with Gasteiger partial charge in [0.1, 0.15) is 18.0 Å². The molecule has 0 saturated carbocycles. The molecule has 0 spiro atoms. The molecule has 5 rings (SSSR count). The van der Waals surface area contributed by atoms with E-state index in [1.54, 1.807) is 0 Å². The first-order chi connectivity index (χ1) is 15.7. The van der Waals surface area contributed by atoms with E-state index in [1.807, 2.05) is 0 Å². The Kier molecular flexibility index (Phi) is 4.52. The molecule has 0 saturated heterocycles. The molecule has 2 aromatic carbocycles. The number of hydrogen-bond acceptors (Lipinski definition) is 4. The Morgan fingerprint density at radius 3 is 2.30 bits per heavy atom. The van der Waals surface area contributed by atoms with Crippen LogP contribution in [0.25, 0.3) is 21.7 Å². The van der Waals surface area contributed by atoms with Crippen molar-refractivity contribution in [1.82, 2.24) is 14.9 Å². The smallest absolute Gasteiger partial charge is 0.355 e. The van der Waals surface area contributed by atoms with Crippen LogP contribution in [0.4, 0.5) is 17.6 Å². The molecule has 1 amide bonds. The number of halogens is 4. The Hall–Kier alpha value is -4.15. The molecule has 1 aliphatic heterocycles. The summed E-state index contributed by atoms with van der Waals surface area (Å²) < 4.78 is 59.9. The van der Waals surface area contributed by atoms with Gasteiger partial charge >= 0.3 is 5.97 Å². The van der Waals surface area contributed by atoms with Crippen molar-refractivity contribution >= 4 is 33.6 Å². The van der Waals surface area contributed by atoms with Crippen LogP contribution in [0.2, 0.25) is 0 Å². The predicted octanol–water partition coefficient (Wildman–Crippen LogP) is 3.55. The Bertz CT molecular complexity index is 1520. The molecule has 0 aliphatic carbocycles. The molecule has 1 aliphatic rings. The number of hydrogen-bond donors (Lipinski definition) is 2. The van der Waals surface area contributed by atoms with Crippen LogP contribution in [0.15, 0.2) is 35.1 Å². The lowest BCUT2D eigenvalue weighted by atomic mass is 9.95. The number of carbonyl (C=O) groups is 2. The second-order valence-electron chi connectivity index (χ2n) is 7.62. The van der Waals surface area contributed by atoms with Gasteiger partial charge in [-0.25, -0.2) is 22.4 Å². The molecular formula is C22H13F4N3O4. The molecule has 7 nitrogen and oxygen atoms in total. The summed E-state index contributed by atoms with van der Waals surface area (Å²) in [6.45, 7) is -0.322. The minimum atomic E-state index is -1.25. The largest absolute Gasteiger partial charge is 0.458 e. The van der Waals surface area contributed by atoms with Crippen molar-refractivity contribution in [2.24, 2.45) is 0 Å². The third-order valence-corrected chi connectivity index (χ3v) is 5.69. The minimum absolute atomic E-state index is 0.0121. The van der Waals surface area contributed by atoms with Gasteiger partial charge in [-0.2, -0.15) is 0 Å². The summed E-state index contributed by atoms with van der Waals surface area (Å²) in [6.07, 6.45) is 0. The van der Waals surface area contributed by atoms with Gasteiger partial charge in [-0.15, -0.1) is 0 Å². The maximum Gasteiger partial charge on any atom is 0.355 e. The van der Waals surface area contributed by atoms with E-state index in [4.69, 9.17) is 4.74 Å². The first-order valence-electron chi connectivity index (χ1n) is 9.62.